The molecule has 4 heterocycles. The molecule has 5 N–H and O–H groups in total. The van der Waals surface area contributed by atoms with Gasteiger partial charge in [0.15, 0.2) is 11.5 Å². The minimum Gasteiger partial charge on any atom is -0.493 e. The highest BCUT2D eigenvalue weighted by molar-refractivity contribution is 7.13. The second kappa shape index (κ2) is 23.9. The van der Waals surface area contributed by atoms with Crippen molar-refractivity contribution >= 4 is 51.2 Å². The summed E-state index contributed by atoms with van der Waals surface area (Å²) in [6, 6.07) is 21.7. The van der Waals surface area contributed by atoms with E-state index in [4.69, 9.17) is 14.5 Å². The molecule has 1 aliphatic rings. The molecule has 2 amide bonds. The van der Waals surface area contributed by atoms with Crippen LogP contribution in [0.1, 0.15) is 106 Å². The summed E-state index contributed by atoms with van der Waals surface area (Å²) < 4.78 is 11.1. The molecule has 0 saturated carbocycles. The zero-order chi connectivity index (χ0) is 49.1. The number of fused-ring (bicyclic) bond motifs is 1. The van der Waals surface area contributed by atoms with Crippen molar-refractivity contribution < 1.29 is 24.2 Å². The van der Waals surface area contributed by atoms with Crippen LogP contribution < -0.4 is 30.7 Å². The monoisotopic (exact) mass is 974 g/mol. The van der Waals surface area contributed by atoms with Crippen molar-refractivity contribution in [1.82, 2.24) is 35.8 Å². The van der Waals surface area contributed by atoms with Crippen molar-refractivity contribution in [2.45, 2.75) is 124 Å². The number of methoxy groups -OCH3 is 2. The Bertz CT molecular complexity index is 2640. The van der Waals surface area contributed by atoms with Crippen LogP contribution in [0.3, 0.4) is 0 Å². The van der Waals surface area contributed by atoms with Crippen molar-refractivity contribution in [2.75, 3.05) is 39.2 Å². The van der Waals surface area contributed by atoms with E-state index in [1.54, 1.807) is 41.8 Å². The summed E-state index contributed by atoms with van der Waals surface area (Å²) in [4.78, 5) is 45.3. The maximum atomic E-state index is 14.1. The first-order chi connectivity index (χ1) is 33.2. The zero-order valence-corrected chi connectivity index (χ0v) is 43.1. The molecule has 368 valence electrons. The third kappa shape index (κ3) is 13.3. The van der Waals surface area contributed by atoms with Crippen molar-refractivity contribution in [3.05, 3.63) is 105 Å². The number of thiazole rings is 1. The lowest BCUT2D eigenvalue weighted by Crippen LogP contribution is -2.56. The number of thiophene rings is 1. The quantitative estimate of drug-likeness (QED) is 0.0389. The molecule has 6 aromatic rings. The number of unbranched alkanes of at least 4 members (excludes halogenated alkanes) is 5. The van der Waals surface area contributed by atoms with E-state index >= 15 is 0 Å². The predicted octanol–water partition coefficient (Wildman–Crippen LogP) is 10.0. The molecule has 13 nitrogen and oxygen atoms in total. The number of carbonyl (C=O) groups excluding carboxylic acids is 2. The third-order valence-electron chi connectivity index (χ3n) is 12.9. The number of aliphatic hydroxyl groups is 1. The summed E-state index contributed by atoms with van der Waals surface area (Å²) in [7, 11) is 3.26. The summed E-state index contributed by atoms with van der Waals surface area (Å²) >= 11 is 3.35. The molecule has 1 saturated heterocycles. The molecule has 0 unspecified atom stereocenters. The van der Waals surface area contributed by atoms with E-state index in [2.05, 4.69) is 73.9 Å². The lowest BCUT2D eigenvalue weighted by molar-refractivity contribution is -0.142. The summed E-state index contributed by atoms with van der Waals surface area (Å²) in [5, 5.41) is 27.6. The molecule has 0 radical (unpaired) electrons. The fourth-order valence-electron chi connectivity index (χ4n) is 9.08. The fourth-order valence-corrected chi connectivity index (χ4v) is 10.8. The third-order valence-corrected chi connectivity index (χ3v) is 15.0. The van der Waals surface area contributed by atoms with Crippen LogP contribution >= 0.6 is 22.7 Å². The van der Waals surface area contributed by atoms with E-state index in [0.717, 1.165) is 90.0 Å². The number of aliphatic hydroxyl groups excluding tert-OH is 1. The second-order valence-electron chi connectivity index (χ2n) is 19.2. The minimum absolute atomic E-state index is 0.0200. The number of hydrogen-bond donors (Lipinski definition) is 5. The molecule has 69 heavy (non-hydrogen) atoms. The van der Waals surface area contributed by atoms with E-state index in [0.29, 0.717) is 30.4 Å². The van der Waals surface area contributed by atoms with Gasteiger partial charge in [0.1, 0.15) is 17.7 Å². The molecule has 4 atom stereocenters. The number of rotatable bonds is 23. The average Bonchev–Trinajstić information content (AvgIpc) is 4.11. The van der Waals surface area contributed by atoms with Crippen molar-refractivity contribution in [3.63, 3.8) is 0 Å². The van der Waals surface area contributed by atoms with Crippen LogP contribution in [-0.2, 0) is 22.7 Å². The Kier molecular flexibility index (Phi) is 17.8. The summed E-state index contributed by atoms with van der Waals surface area (Å²) in [6.45, 7) is 15.2. The first-order valence-corrected chi connectivity index (χ1v) is 26.0. The molecule has 1 fully saturated rings. The lowest BCUT2D eigenvalue weighted by Gasteiger charge is -2.35. The largest absolute Gasteiger partial charge is 0.493 e. The van der Waals surface area contributed by atoms with Crippen LogP contribution in [-0.4, -0.2) is 88.8 Å². The highest BCUT2D eigenvalue weighted by atomic mass is 32.1. The van der Waals surface area contributed by atoms with Gasteiger partial charge in [-0.3, -0.25) is 9.59 Å². The van der Waals surface area contributed by atoms with Crippen LogP contribution in [0.15, 0.2) is 77.6 Å². The molecule has 3 aromatic heterocycles. The van der Waals surface area contributed by atoms with Gasteiger partial charge in [-0.1, -0.05) is 95.0 Å². The SMILES string of the molecule is COc1cc2nc(C)nc(N[C@H](C)c3cc(-c4ccccc4CNCCCCCCCCN[C@H](C(=O)N4C[C@H](O)C[C@H]4C(=O)NCc4ccc(-c5scnc5C)cc4)C(C)(C)C)cs3)c2cc1OC. The molecule has 0 aliphatic carbocycles. The van der Waals surface area contributed by atoms with Gasteiger partial charge in [-0.05, 0) is 97.4 Å². The van der Waals surface area contributed by atoms with Gasteiger partial charge in [-0.25, -0.2) is 15.0 Å². The normalized spacial score (nSPS) is 15.9. The molecule has 1 aliphatic heterocycles. The van der Waals surface area contributed by atoms with Gasteiger partial charge in [0, 0.05) is 42.4 Å². The van der Waals surface area contributed by atoms with Gasteiger partial charge in [0.25, 0.3) is 0 Å². The van der Waals surface area contributed by atoms with Crippen molar-refractivity contribution in [2.24, 2.45) is 5.41 Å². The number of nitrogens with one attached hydrogen (secondary N) is 4. The smallest absolute Gasteiger partial charge is 0.243 e. The van der Waals surface area contributed by atoms with Gasteiger partial charge in [0.05, 0.1) is 54.0 Å². The van der Waals surface area contributed by atoms with Gasteiger partial charge < -0.3 is 40.7 Å². The molecule has 3 aromatic carbocycles. The number of anilines is 1. The number of aromatic nitrogens is 3. The van der Waals surface area contributed by atoms with E-state index in [1.165, 1.54) is 21.6 Å². The molecule has 0 bridgehead atoms. The van der Waals surface area contributed by atoms with Crippen molar-refractivity contribution in [1.29, 1.82) is 0 Å². The molecule has 0 spiro atoms. The number of amides is 2. The number of likely N-dealkylation sites (tertiary alicyclic amines) is 1. The maximum Gasteiger partial charge on any atom is 0.243 e. The Morgan fingerprint density at radius 3 is 2.29 bits per heavy atom. The van der Waals surface area contributed by atoms with E-state index in [-0.39, 0.29) is 36.2 Å². The Morgan fingerprint density at radius 1 is 0.870 bits per heavy atom. The summed E-state index contributed by atoms with van der Waals surface area (Å²) in [5.74, 6) is 2.34. The van der Waals surface area contributed by atoms with E-state index in [9.17, 15) is 14.7 Å². The summed E-state index contributed by atoms with van der Waals surface area (Å²) in [6.07, 6.45) is 6.09. The van der Waals surface area contributed by atoms with Gasteiger partial charge in [-0.15, -0.1) is 22.7 Å². The van der Waals surface area contributed by atoms with E-state index < -0.39 is 18.2 Å². The fraction of sp³-hybridized carbons (Fsp3) is 0.463. The molecular formula is C54H70N8O5S2. The van der Waals surface area contributed by atoms with Gasteiger partial charge in [0.2, 0.25) is 11.8 Å². The standard InChI is InChI=1S/C54H70N8O5S2/c1-34(59-51-43-27-46(66-7)47(67-8)28-44(43)60-36(3)61-51)48-25-40(32-68-48)42-18-14-13-17-39(42)30-55-23-15-11-9-10-12-16-24-56-50(54(4,5)6)53(65)62-31-41(63)26-45(62)52(64)57-29-37-19-21-38(22-20-37)49-35(2)58-33-69-49/h13-14,17-22,25,27-28,32-34,41,45,50,55-56,63H,9-12,15-16,23-24,26,29-31H2,1-8H3,(H,57,64)(H,59,60,61)/t34-,41-,45+,50-/m1/s1. The lowest BCUT2D eigenvalue weighted by atomic mass is 9.85. The number of aryl methyl sites for hydroxylation is 2. The van der Waals surface area contributed by atoms with Crippen LogP contribution in [0.5, 0.6) is 11.5 Å². The number of nitrogens with zero attached hydrogens (tertiary/aromatic N) is 4. The number of ether oxygens (including phenoxy) is 2. The van der Waals surface area contributed by atoms with Gasteiger partial charge >= 0.3 is 0 Å². The Labute approximate surface area is 415 Å². The first kappa shape index (κ1) is 51.4. The number of β-amino-alcohol motifs (C(OH)–C–C–N with tert-alkyl or cyclic N) is 1. The predicted molar refractivity (Wildman–Crippen MR) is 280 cm³/mol. The molecule has 15 heteroatoms. The van der Waals surface area contributed by atoms with Crippen LogP contribution in [0, 0.1) is 19.3 Å². The first-order valence-electron chi connectivity index (χ1n) is 24.3. The number of hydrogen-bond acceptors (Lipinski definition) is 13. The molecule has 7 rings (SSSR count). The zero-order valence-electron chi connectivity index (χ0n) is 41.5. The Hall–Kier alpha value is -5.45. The van der Waals surface area contributed by atoms with Crippen LogP contribution in [0.2, 0.25) is 0 Å². The van der Waals surface area contributed by atoms with Crippen LogP contribution in [0.4, 0.5) is 5.82 Å². The average molecular weight is 975 g/mol. The Morgan fingerprint density at radius 2 is 1.58 bits per heavy atom. The minimum atomic E-state index is -0.738. The highest BCUT2D eigenvalue weighted by Gasteiger charge is 2.43. The second-order valence-corrected chi connectivity index (χ2v) is 21.0. The van der Waals surface area contributed by atoms with Crippen LogP contribution in [0.25, 0.3) is 32.5 Å². The number of benzene rings is 3. The summed E-state index contributed by atoms with van der Waals surface area (Å²) in [5.41, 5.74) is 9.06. The van der Waals surface area contributed by atoms with Crippen molar-refractivity contribution in [3.8, 4) is 33.1 Å². The topological polar surface area (TPSA) is 163 Å². The van der Waals surface area contributed by atoms with Gasteiger partial charge in [-0.2, -0.15) is 0 Å². The van der Waals surface area contributed by atoms with E-state index in [1.807, 2.05) is 76.5 Å². The number of carbonyl (C=O) groups is 2. The Balaban J connectivity index is 0.809. The molecular weight excluding hydrogens is 905 g/mol. The highest BCUT2D eigenvalue weighted by Crippen LogP contribution is 2.37. The maximum absolute atomic E-state index is 14.1.